The van der Waals surface area contributed by atoms with E-state index in [0.29, 0.717) is 12.3 Å². The zero-order valence-corrected chi connectivity index (χ0v) is 13.1. The molecule has 2 fully saturated rings. The number of carboxylic acid groups (broad SMARTS) is 1. The third kappa shape index (κ3) is 4.19. The van der Waals surface area contributed by atoms with Gasteiger partial charge in [-0.3, -0.25) is 9.69 Å². The van der Waals surface area contributed by atoms with E-state index in [1.54, 1.807) is 0 Å². The lowest BCUT2D eigenvalue weighted by atomic mass is 9.93. The van der Waals surface area contributed by atoms with Gasteiger partial charge in [-0.15, -0.1) is 0 Å². The maximum Gasteiger partial charge on any atom is 0.320 e. The maximum atomic E-state index is 11.3. The van der Waals surface area contributed by atoms with Gasteiger partial charge in [-0.1, -0.05) is 13.8 Å². The lowest BCUT2D eigenvalue weighted by Crippen LogP contribution is -2.49. The Kier molecular flexibility index (Phi) is 5.85. The molecule has 116 valence electrons. The molecule has 1 N–H and O–H groups in total. The van der Waals surface area contributed by atoms with Crippen LogP contribution in [0.3, 0.4) is 0 Å². The summed E-state index contributed by atoms with van der Waals surface area (Å²) in [4.78, 5) is 16.1. The van der Waals surface area contributed by atoms with Crippen molar-refractivity contribution in [2.24, 2.45) is 11.8 Å². The first-order valence-electron chi connectivity index (χ1n) is 8.29. The van der Waals surface area contributed by atoms with E-state index >= 15 is 0 Å². The Balaban J connectivity index is 1.82. The minimum atomic E-state index is -0.653. The van der Waals surface area contributed by atoms with E-state index in [0.717, 1.165) is 25.4 Å². The highest BCUT2D eigenvalue weighted by Gasteiger charge is 2.30. The van der Waals surface area contributed by atoms with E-state index in [2.05, 4.69) is 16.7 Å². The lowest BCUT2D eigenvalue weighted by molar-refractivity contribution is -0.144. The molecule has 4 heteroatoms. The van der Waals surface area contributed by atoms with Crippen molar-refractivity contribution in [2.45, 2.75) is 52.0 Å². The van der Waals surface area contributed by atoms with E-state index in [9.17, 15) is 9.90 Å². The van der Waals surface area contributed by atoms with Gasteiger partial charge < -0.3 is 10.0 Å². The number of nitrogens with zero attached hydrogens (tertiary/aromatic N) is 2. The third-order valence-electron chi connectivity index (χ3n) is 5.06. The van der Waals surface area contributed by atoms with Crippen LogP contribution in [0.1, 0.15) is 46.0 Å². The van der Waals surface area contributed by atoms with Crippen molar-refractivity contribution in [3.8, 4) is 0 Å². The largest absolute Gasteiger partial charge is 0.480 e. The van der Waals surface area contributed by atoms with Gasteiger partial charge in [0, 0.05) is 13.1 Å². The summed E-state index contributed by atoms with van der Waals surface area (Å²) < 4.78 is 0. The van der Waals surface area contributed by atoms with Crippen molar-refractivity contribution in [3.05, 3.63) is 0 Å². The SMILES string of the molecule is CC[C@H](C(=O)O)N1CCC[C@H](CN2CCC(C)CC2)C1. The van der Waals surface area contributed by atoms with Crippen LogP contribution in [-0.4, -0.2) is 59.6 Å². The second-order valence-electron chi connectivity index (χ2n) is 6.75. The second kappa shape index (κ2) is 7.41. The molecular formula is C16H30N2O2. The topological polar surface area (TPSA) is 43.8 Å². The van der Waals surface area contributed by atoms with Crippen LogP contribution in [-0.2, 0) is 4.79 Å². The molecule has 0 radical (unpaired) electrons. The smallest absolute Gasteiger partial charge is 0.320 e. The average Bonchev–Trinajstić information content (AvgIpc) is 2.42. The molecular weight excluding hydrogens is 252 g/mol. The normalized spacial score (nSPS) is 28.4. The predicted molar refractivity (Wildman–Crippen MR) is 80.8 cm³/mol. The van der Waals surface area contributed by atoms with E-state index in [-0.39, 0.29) is 6.04 Å². The van der Waals surface area contributed by atoms with Crippen LogP contribution >= 0.6 is 0 Å². The molecule has 2 saturated heterocycles. The molecule has 2 rings (SSSR count). The highest BCUT2D eigenvalue weighted by molar-refractivity contribution is 5.73. The standard InChI is InChI=1S/C16H30N2O2/c1-3-15(16(19)20)18-8-4-5-14(12-18)11-17-9-6-13(2)7-10-17/h13-15H,3-12H2,1-2H3,(H,19,20)/t14-,15-/m1/s1. The van der Waals surface area contributed by atoms with Crippen molar-refractivity contribution in [1.29, 1.82) is 0 Å². The second-order valence-corrected chi connectivity index (χ2v) is 6.75. The summed E-state index contributed by atoms with van der Waals surface area (Å²) in [5.74, 6) is 0.885. The Labute approximate surface area is 123 Å². The first-order chi connectivity index (χ1) is 9.60. The van der Waals surface area contributed by atoms with E-state index in [1.165, 1.54) is 38.9 Å². The van der Waals surface area contributed by atoms with Crippen LogP contribution < -0.4 is 0 Å². The number of rotatable bonds is 5. The number of hydrogen-bond donors (Lipinski definition) is 1. The highest BCUT2D eigenvalue weighted by atomic mass is 16.4. The number of hydrogen-bond acceptors (Lipinski definition) is 3. The quantitative estimate of drug-likeness (QED) is 0.840. The highest BCUT2D eigenvalue weighted by Crippen LogP contribution is 2.23. The Hall–Kier alpha value is -0.610. The fourth-order valence-electron chi connectivity index (χ4n) is 3.73. The minimum Gasteiger partial charge on any atom is -0.480 e. The Morgan fingerprint density at radius 2 is 1.95 bits per heavy atom. The van der Waals surface area contributed by atoms with Crippen LogP contribution in [0.25, 0.3) is 0 Å². The van der Waals surface area contributed by atoms with Gasteiger partial charge in [0.25, 0.3) is 0 Å². The Morgan fingerprint density at radius 3 is 2.55 bits per heavy atom. The minimum absolute atomic E-state index is 0.279. The van der Waals surface area contributed by atoms with Crippen LogP contribution in [0.4, 0.5) is 0 Å². The van der Waals surface area contributed by atoms with Crippen molar-refractivity contribution < 1.29 is 9.90 Å². The Morgan fingerprint density at radius 1 is 1.25 bits per heavy atom. The van der Waals surface area contributed by atoms with Crippen molar-refractivity contribution in [2.75, 3.05) is 32.7 Å². The number of carboxylic acids is 1. The number of likely N-dealkylation sites (tertiary alicyclic amines) is 2. The predicted octanol–water partition coefficient (Wildman–Crippen LogP) is 2.29. The van der Waals surface area contributed by atoms with Gasteiger partial charge in [0.2, 0.25) is 0 Å². The van der Waals surface area contributed by atoms with Gasteiger partial charge in [-0.25, -0.2) is 0 Å². The molecule has 2 aliphatic heterocycles. The van der Waals surface area contributed by atoms with Crippen molar-refractivity contribution in [1.82, 2.24) is 9.80 Å². The van der Waals surface area contributed by atoms with Gasteiger partial charge in [-0.05, 0) is 63.6 Å². The number of carbonyl (C=O) groups is 1. The maximum absolute atomic E-state index is 11.3. The summed E-state index contributed by atoms with van der Waals surface area (Å²) >= 11 is 0. The van der Waals surface area contributed by atoms with E-state index < -0.39 is 5.97 Å². The van der Waals surface area contributed by atoms with Crippen LogP contribution in [0.5, 0.6) is 0 Å². The van der Waals surface area contributed by atoms with Crippen molar-refractivity contribution >= 4 is 5.97 Å². The first kappa shape index (κ1) is 15.8. The van der Waals surface area contributed by atoms with E-state index in [1.807, 2.05) is 6.92 Å². The molecule has 2 atom stereocenters. The molecule has 0 aromatic heterocycles. The van der Waals surface area contributed by atoms with Gasteiger partial charge in [0.15, 0.2) is 0 Å². The fourth-order valence-corrected chi connectivity index (χ4v) is 3.73. The summed E-state index contributed by atoms with van der Waals surface area (Å²) in [5.41, 5.74) is 0. The van der Waals surface area contributed by atoms with Gasteiger partial charge >= 0.3 is 5.97 Å². The zero-order valence-electron chi connectivity index (χ0n) is 13.1. The molecule has 0 spiro atoms. The summed E-state index contributed by atoms with van der Waals surface area (Å²) in [5, 5.41) is 9.31. The van der Waals surface area contributed by atoms with Crippen molar-refractivity contribution in [3.63, 3.8) is 0 Å². The van der Waals surface area contributed by atoms with Gasteiger partial charge in [0.1, 0.15) is 6.04 Å². The van der Waals surface area contributed by atoms with E-state index in [4.69, 9.17) is 0 Å². The number of aliphatic carboxylic acids is 1. The van der Waals surface area contributed by atoms with Crippen LogP contribution in [0.15, 0.2) is 0 Å². The Bertz CT molecular complexity index is 314. The monoisotopic (exact) mass is 282 g/mol. The van der Waals surface area contributed by atoms with Gasteiger partial charge in [-0.2, -0.15) is 0 Å². The molecule has 2 aliphatic rings. The molecule has 0 aromatic carbocycles. The molecule has 0 saturated carbocycles. The average molecular weight is 282 g/mol. The molecule has 0 bridgehead atoms. The summed E-state index contributed by atoms with van der Waals surface area (Å²) in [7, 11) is 0. The first-order valence-corrected chi connectivity index (χ1v) is 8.29. The molecule has 0 unspecified atom stereocenters. The lowest BCUT2D eigenvalue weighted by Gasteiger charge is -2.39. The summed E-state index contributed by atoms with van der Waals surface area (Å²) in [6, 6.07) is -0.279. The zero-order chi connectivity index (χ0) is 14.5. The summed E-state index contributed by atoms with van der Waals surface area (Å²) in [6.07, 6.45) is 5.77. The van der Waals surface area contributed by atoms with Crippen LogP contribution in [0, 0.1) is 11.8 Å². The van der Waals surface area contributed by atoms with Gasteiger partial charge in [0.05, 0.1) is 0 Å². The molecule has 0 aliphatic carbocycles. The molecule has 2 heterocycles. The van der Waals surface area contributed by atoms with Crippen LogP contribution in [0.2, 0.25) is 0 Å². The molecule has 0 amide bonds. The third-order valence-corrected chi connectivity index (χ3v) is 5.06. The molecule has 0 aromatic rings. The summed E-state index contributed by atoms with van der Waals surface area (Å²) in [6.45, 7) is 9.88. The molecule has 4 nitrogen and oxygen atoms in total. The fraction of sp³-hybridized carbons (Fsp3) is 0.938. The molecule has 20 heavy (non-hydrogen) atoms. The number of piperidine rings is 2.